The summed E-state index contributed by atoms with van der Waals surface area (Å²) in [6.45, 7) is 4.58. The third-order valence-corrected chi connectivity index (χ3v) is 20.3. The first-order valence-electron chi connectivity index (χ1n) is 29.4. The van der Waals surface area contributed by atoms with Crippen LogP contribution in [-0.2, 0) is 12.8 Å². The van der Waals surface area contributed by atoms with Crippen molar-refractivity contribution in [1.82, 2.24) is 0 Å². The van der Waals surface area contributed by atoms with E-state index in [9.17, 15) is 0 Å². The number of rotatable bonds is 24. The van der Waals surface area contributed by atoms with E-state index in [0.717, 1.165) is 58.5 Å². The van der Waals surface area contributed by atoms with Crippen molar-refractivity contribution >= 4 is 79.5 Å². The van der Waals surface area contributed by atoms with Crippen LogP contribution in [0.25, 0.3) is 61.3 Å². The van der Waals surface area contributed by atoms with Crippen LogP contribution in [0.1, 0.15) is 76.3 Å². The molecule has 0 bridgehead atoms. The standard InChI is InChI=1S/C76H68N2OS4/c1-3-5-7-13-23-59-53-73(82-75(59)71-51-49-69(80-71)55-33-41-65(42-34-55)77(61-25-15-9-16-26-61)62-27-17-10-18-28-62)57-37-45-67(46-38-57)79-68-47-39-58(40-48-68)74-54-60(24-14-8-6-4-2)76(83-74)72-52-50-70(81-72)56-35-43-66(44-36-56)78(63-29-19-11-20-30-63)64-31-21-12-22-32-64/h9-12,15-22,25-54H,3-8,13-14,23-24H2,1-2H3. The van der Waals surface area contributed by atoms with Gasteiger partial charge in [-0.2, -0.15) is 0 Å². The molecule has 0 fully saturated rings. The fourth-order valence-electron chi connectivity index (χ4n) is 10.9. The Labute approximate surface area is 507 Å². The van der Waals surface area contributed by atoms with Gasteiger partial charge in [-0.15, -0.1) is 45.3 Å². The summed E-state index contributed by atoms with van der Waals surface area (Å²) >= 11 is 7.63. The largest absolute Gasteiger partial charge is 0.457 e. The van der Waals surface area contributed by atoms with Crippen molar-refractivity contribution in [2.24, 2.45) is 0 Å². The Hall–Kier alpha value is -8.04. The van der Waals surface area contributed by atoms with E-state index in [4.69, 9.17) is 4.74 Å². The lowest BCUT2D eigenvalue weighted by atomic mass is 10.0. The normalized spacial score (nSPS) is 11.3. The van der Waals surface area contributed by atoms with Crippen molar-refractivity contribution in [2.45, 2.75) is 78.1 Å². The highest BCUT2D eigenvalue weighted by Gasteiger charge is 2.20. The second-order valence-corrected chi connectivity index (χ2v) is 25.4. The highest BCUT2D eigenvalue weighted by atomic mass is 32.1. The zero-order valence-corrected chi connectivity index (χ0v) is 50.5. The third kappa shape index (κ3) is 13.3. The van der Waals surface area contributed by atoms with Crippen molar-refractivity contribution < 1.29 is 4.74 Å². The molecule has 0 atom stereocenters. The molecule has 0 spiro atoms. The maximum absolute atomic E-state index is 6.53. The van der Waals surface area contributed by atoms with Gasteiger partial charge < -0.3 is 14.5 Å². The van der Waals surface area contributed by atoms with Gasteiger partial charge in [-0.3, -0.25) is 0 Å². The summed E-state index contributed by atoms with van der Waals surface area (Å²) in [5, 5.41) is 0. The average molecular weight is 1150 g/mol. The SMILES string of the molecule is CCCCCCc1cc(-c2ccc(Oc3ccc(-c4cc(CCCCCC)c(-c5ccc(-c6ccc(N(c7ccccc7)c7ccccc7)cc6)s5)s4)cc3)cc2)sc1-c1ccc(-c2ccc(N(c3ccccc3)c3ccccc3)cc2)s1. The number of anilines is 6. The second-order valence-electron chi connectivity index (χ2n) is 21.1. The topological polar surface area (TPSA) is 15.7 Å². The molecule has 0 amide bonds. The quantitative estimate of drug-likeness (QED) is 0.0561. The molecule has 4 heterocycles. The Bertz CT molecular complexity index is 3600. The molecule has 0 unspecified atom stereocenters. The van der Waals surface area contributed by atoms with E-state index < -0.39 is 0 Å². The monoisotopic (exact) mass is 1150 g/mol. The number of hydrogen-bond acceptors (Lipinski definition) is 7. The van der Waals surface area contributed by atoms with Gasteiger partial charge >= 0.3 is 0 Å². The van der Waals surface area contributed by atoms with E-state index in [0.29, 0.717) is 0 Å². The first kappa shape index (κ1) is 55.5. The Morgan fingerprint density at radius 2 is 0.578 bits per heavy atom. The van der Waals surface area contributed by atoms with Gasteiger partial charge in [0.2, 0.25) is 0 Å². The summed E-state index contributed by atoms with van der Waals surface area (Å²) in [4.78, 5) is 15.2. The lowest BCUT2D eigenvalue weighted by molar-refractivity contribution is 0.483. The van der Waals surface area contributed by atoms with Gasteiger partial charge in [-0.25, -0.2) is 0 Å². The van der Waals surface area contributed by atoms with Crippen LogP contribution >= 0.6 is 45.3 Å². The van der Waals surface area contributed by atoms with Gasteiger partial charge in [0.05, 0.1) is 0 Å². The molecule has 0 aliphatic rings. The first-order chi connectivity index (χ1) is 41.0. The van der Waals surface area contributed by atoms with Crippen LogP contribution in [0.3, 0.4) is 0 Å². The maximum Gasteiger partial charge on any atom is 0.127 e. The highest BCUT2D eigenvalue weighted by molar-refractivity contribution is 7.26. The van der Waals surface area contributed by atoms with Gasteiger partial charge in [0.15, 0.2) is 0 Å². The minimum absolute atomic E-state index is 0.836. The molecule has 4 aromatic heterocycles. The minimum atomic E-state index is 0.836. The minimum Gasteiger partial charge on any atom is -0.457 e. The first-order valence-corrected chi connectivity index (χ1v) is 32.7. The molecule has 3 nitrogen and oxygen atoms in total. The number of unbranched alkanes of at least 4 members (excludes halogenated alkanes) is 6. The number of para-hydroxylation sites is 4. The van der Waals surface area contributed by atoms with Crippen LogP contribution < -0.4 is 14.5 Å². The van der Waals surface area contributed by atoms with Gasteiger partial charge in [-0.05, 0) is 217 Å². The summed E-state index contributed by atoms with van der Waals surface area (Å²) < 4.78 is 6.53. The zero-order valence-electron chi connectivity index (χ0n) is 47.3. The van der Waals surface area contributed by atoms with E-state index in [1.165, 1.54) is 124 Å². The van der Waals surface area contributed by atoms with Crippen molar-refractivity contribution in [3.05, 3.63) is 266 Å². The Kier molecular flexibility index (Phi) is 18.0. The molecule has 0 aliphatic carbocycles. The van der Waals surface area contributed by atoms with Crippen molar-refractivity contribution in [1.29, 1.82) is 0 Å². The van der Waals surface area contributed by atoms with Crippen molar-refractivity contribution in [3.8, 4) is 72.8 Å². The molecular weight excluding hydrogens is 1090 g/mol. The number of aryl methyl sites for hydroxylation is 2. The van der Waals surface area contributed by atoms with Gasteiger partial charge in [-0.1, -0.05) is 149 Å². The molecule has 0 aliphatic heterocycles. The summed E-state index contributed by atoms with van der Waals surface area (Å²) in [5.74, 6) is 1.67. The molecule has 0 saturated heterocycles. The lowest BCUT2D eigenvalue weighted by Crippen LogP contribution is -2.09. The second kappa shape index (κ2) is 26.9. The molecule has 12 rings (SSSR count). The molecule has 0 saturated carbocycles. The summed E-state index contributed by atoms with van der Waals surface area (Å²) in [7, 11) is 0. The molecular formula is C76H68N2OS4. The molecule has 0 N–H and O–H groups in total. The van der Waals surface area contributed by atoms with E-state index in [-0.39, 0.29) is 0 Å². The van der Waals surface area contributed by atoms with Crippen molar-refractivity contribution in [2.75, 3.05) is 9.80 Å². The van der Waals surface area contributed by atoms with Gasteiger partial charge in [0.1, 0.15) is 11.5 Å². The van der Waals surface area contributed by atoms with E-state index in [2.05, 4.69) is 278 Å². The molecule has 8 aromatic carbocycles. The van der Waals surface area contributed by atoms with E-state index in [1.807, 2.05) is 45.3 Å². The molecule has 0 radical (unpaired) electrons. The smallest absolute Gasteiger partial charge is 0.127 e. The fourth-order valence-corrected chi connectivity index (χ4v) is 15.7. The third-order valence-electron chi connectivity index (χ3n) is 15.3. The summed E-state index contributed by atoms with van der Waals surface area (Å²) in [5.41, 5.74) is 14.6. The van der Waals surface area contributed by atoms with Crippen LogP contribution in [0, 0.1) is 0 Å². The van der Waals surface area contributed by atoms with Gasteiger partial charge in [0.25, 0.3) is 0 Å². The van der Waals surface area contributed by atoms with Crippen LogP contribution in [-0.4, -0.2) is 0 Å². The molecule has 12 aromatic rings. The molecule has 7 heteroatoms. The molecule has 412 valence electrons. The van der Waals surface area contributed by atoms with Crippen LogP contribution in [0.2, 0.25) is 0 Å². The lowest BCUT2D eigenvalue weighted by Gasteiger charge is -2.25. The number of ether oxygens (including phenoxy) is 1. The van der Waals surface area contributed by atoms with E-state index >= 15 is 0 Å². The Balaban J connectivity index is 0.736. The van der Waals surface area contributed by atoms with Crippen LogP contribution in [0.4, 0.5) is 34.1 Å². The van der Waals surface area contributed by atoms with E-state index in [1.54, 1.807) is 0 Å². The Morgan fingerprint density at radius 3 is 0.916 bits per heavy atom. The van der Waals surface area contributed by atoms with Crippen LogP contribution in [0.15, 0.2) is 255 Å². The Morgan fingerprint density at radius 1 is 0.277 bits per heavy atom. The van der Waals surface area contributed by atoms with Gasteiger partial charge in [0, 0.05) is 73.1 Å². The summed E-state index contributed by atoms with van der Waals surface area (Å²) in [6, 6.07) is 92.1. The molecule has 83 heavy (non-hydrogen) atoms. The number of benzene rings is 8. The summed E-state index contributed by atoms with van der Waals surface area (Å²) in [6.07, 6.45) is 12.1. The predicted octanol–water partition coefficient (Wildman–Crippen LogP) is 24.9. The fraction of sp³-hybridized carbons (Fsp3) is 0.158. The number of thiophene rings is 4. The maximum atomic E-state index is 6.53. The number of nitrogens with zero attached hydrogens (tertiary/aromatic N) is 2. The van der Waals surface area contributed by atoms with Crippen LogP contribution in [0.5, 0.6) is 11.5 Å². The number of hydrogen-bond donors (Lipinski definition) is 0. The highest BCUT2D eigenvalue weighted by Crippen LogP contribution is 2.47. The predicted molar refractivity (Wildman–Crippen MR) is 362 cm³/mol. The average Bonchev–Trinajstić information content (AvgIpc) is 4.61. The van der Waals surface area contributed by atoms with Crippen molar-refractivity contribution in [3.63, 3.8) is 0 Å². The zero-order chi connectivity index (χ0) is 56.2.